The van der Waals surface area contributed by atoms with Crippen molar-refractivity contribution in [3.63, 3.8) is 0 Å². The fourth-order valence-electron chi connectivity index (χ4n) is 3.93. The highest BCUT2D eigenvalue weighted by atomic mass is 32.1. The van der Waals surface area contributed by atoms with Crippen LogP contribution in [0.5, 0.6) is 11.5 Å². The molecule has 0 fully saturated rings. The molecule has 0 bridgehead atoms. The zero-order valence-electron chi connectivity index (χ0n) is 18.4. The normalized spacial score (nSPS) is 12.4. The Morgan fingerprint density at radius 2 is 1.91 bits per heavy atom. The molecule has 3 heterocycles. The Hall–Kier alpha value is -3.98. The van der Waals surface area contributed by atoms with Crippen LogP contribution in [-0.4, -0.2) is 28.0 Å². The number of rotatable bonds is 6. The maximum Gasteiger partial charge on any atom is 0.349 e. The Morgan fingerprint density at radius 1 is 1.12 bits per heavy atom. The number of fused-ring (bicyclic) bond motifs is 2. The second-order valence-corrected chi connectivity index (χ2v) is 8.89. The quantitative estimate of drug-likeness (QED) is 0.418. The Balaban J connectivity index is 1.24. The summed E-state index contributed by atoms with van der Waals surface area (Å²) >= 11 is 1.12. The minimum atomic E-state index is -0.652. The molecular formula is C25H21N3O5S. The molecule has 34 heavy (non-hydrogen) atoms. The number of esters is 1. The lowest BCUT2D eigenvalue weighted by Crippen LogP contribution is -2.21. The van der Waals surface area contributed by atoms with Gasteiger partial charge in [0.15, 0.2) is 6.61 Å². The maximum absolute atomic E-state index is 12.8. The number of amides is 1. The molecule has 0 atom stereocenters. The number of ether oxygens (including phenoxy) is 2. The van der Waals surface area contributed by atoms with Gasteiger partial charge in [0.05, 0.1) is 5.39 Å². The number of para-hydroxylation sites is 1. The summed E-state index contributed by atoms with van der Waals surface area (Å²) in [6.45, 7) is 1.89. The van der Waals surface area contributed by atoms with Gasteiger partial charge in [-0.2, -0.15) is 0 Å². The molecule has 1 aliphatic rings. The third-order valence-corrected chi connectivity index (χ3v) is 6.69. The number of thiophene rings is 1. The van der Waals surface area contributed by atoms with Gasteiger partial charge in [-0.25, -0.2) is 9.78 Å². The van der Waals surface area contributed by atoms with Crippen LogP contribution in [0.4, 0.5) is 5.69 Å². The predicted molar refractivity (Wildman–Crippen MR) is 129 cm³/mol. The van der Waals surface area contributed by atoms with Gasteiger partial charge < -0.3 is 14.8 Å². The first-order valence-corrected chi connectivity index (χ1v) is 11.6. The molecule has 2 aromatic heterocycles. The van der Waals surface area contributed by atoms with Crippen LogP contribution in [0.1, 0.15) is 27.5 Å². The summed E-state index contributed by atoms with van der Waals surface area (Å²) in [5.41, 5.74) is 0.927. The first kappa shape index (κ1) is 21.8. The number of carbonyl (C=O) groups is 2. The van der Waals surface area contributed by atoms with E-state index < -0.39 is 18.5 Å². The van der Waals surface area contributed by atoms with Gasteiger partial charge in [-0.05, 0) is 43.2 Å². The molecule has 2 aromatic carbocycles. The maximum atomic E-state index is 12.8. The Bertz CT molecular complexity index is 1460. The lowest BCUT2D eigenvalue weighted by molar-refractivity contribution is -0.119. The molecule has 1 N–H and O–H groups in total. The number of nitrogens with one attached hydrogen (secondary N) is 1. The molecule has 0 radical (unpaired) electrons. The number of hydrogen-bond donors (Lipinski definition) is 1. The summed E-state index contributed by atoms with van der Waals surface area (Å²) in [6, 6.07) is 16.2. The van der Waals surface area contributed by atoms with Crippen LogP contribution in [0.3, 0.4) is 0 Å². The molecule has 1 aliphatic heterocycles. The fourth-order valence-corrected chi connectivity index (χ4v) is 5.01. The molecule has 0 saturated carbocycles. The van der Waals surface area contributed by atoms with E-state index in [2.05, 4.69) is 10.3 Å². The van der Waals surface area contributed by atoms with Crippen LogP contribution < -0.4 is 15.6 Å². The largest absolute Gasteiger partial charge is 0.457 e. The second kappa shape index (κ2) is 9.11. The smallest absolute Gasteiger partial charge is 0.349 e. The first-order valence-electron chi connectivity index (χ1n) is 10.8. The monoisotopic (exact) mass is 475 g/mol. The van der Waals surface area contributed by atoms with Crippen LogP contribution in [0.2, 0.25) is 0 Å². The van der Waals surface area contributed by atoms with Crippen molar-refractivity contribution in [2.24, 2.45) is 0 Å². The topological polar surface area (TPSA) is 99.5 Å². The molecule has 0 unspecified atom stereocenters. The summed E-state index contributed by atoms with van der Waals surface area (Å²) < 4.78 is 12.7. The number of aromatic nitrogens is 2. The lowest BCUT2D eigenvalue weighted by Gasteiger charge is -2.09. The molecule has 0 aliphatic carbocycles. The van der Waals surface area contributed by atoms with Crippen molar-refractivity contribution in [2.75, 3.05) is 11.9 Å². The van der Waals surface area contributed by atoms with E-state index in [1.807, 2.05) is 30.3 Å². The summed E-state index contributed by atoms with van der Waals surface area (Å²) in [4.78, 5) is 43.2. The van der Waals surface area contributed by atoms with Gasteiger partial charge in [0.2, 0.25) is 0 Å². The zero-order chi connectivity index (χ0) is 23.7. The van der Waals surface area contributed by atoms with Crippen molar-refractivity contribution in [3.05, 3.63) is 81.2 Å². The van der Waals surface area contributed by atoms with Crippen molar-refractivity contribution in [2.45, 2.75) is 26.3 Å². The predicted octanol–water partition coefficient (Wildman–Crippen LogP) is 4.30. The highest BCUT2D eigenvalue weighted by Crippen LogP contribution is 2.29. The van der Waals surface area contributed by atoms with Crippen molar-refractivity contribution in [1.82, 2.24) is 9.55 Å². The van der Waals surface area contributed by atoms with E-state index in [4.69, 9.17) is 9.47 Å². The van der Waals surface area contributed by atoms with Gasteiger partial charge >= 0.3 is 5.97 Å². The third-order valence-electron chi connectivity index (χ3n) is 5.53. The molecule has 5 rings (SSSR count). The lowest BCUT2D eigenvalue weighted by atomic mass is 10.2. The number of aryl methyl sites for hydroxylation is 2. The standard InChI is InChI=1S/C25H21N3O5S/c1-15-21-23(27-19-11-6-12-28(19)24(21)30)34-22(15)25(31)32-14-20(29)26-16-7-5-10-18(13-16)33-17-8-3-2-4-9-17/h2-5,7-10,13H,6,11-12,14H2,1H3,(H,26,29). The van der Waals surface area contributed by atoms with Gasteiger partial charge in [0.1, 0.15) is 27.0 Å². The SMILES string of the molecule is Cc1c(C(=O)OCC(=O)Nc2cccc(Oc3ccccc3)c2)sc2nc3n(c(=O)c12)CCC3. The van der Waals surface area contributed by atoms with E-state index in [1.165, 1.54) is 0 Å². The van der Waals surface area contributed by atoms with E-state index in [0.29, 0.717) is 39.5 Å². The summed E-state index contributed by atoms with van der Waals surface area (Å²) in [5, 5.41) is 3.14. The van der Waals surface area contributed by atoms with E-state index in [-0.39, 0.29) is 10.4 Å². The summed E-state index contributed by atoms with van der Waals surface area (Å²) in [7, 11) is 0. The number of hydrogen-bond acceptors (Lipinski definition) is 7. The van der Waals surface area contributed by atoms with E-state index in [9.17, 15) is 14.4 Å². The highest BCUT2D eigenvalue weighted by molar-refractivity contribution is 7.20. The summed E-state index contributed by atoms with van der Waals surface area (Å²) in [5.74, 6) is 0.851. The highest BCUT2D eigenvalue weighted by Gasteiger charge is 2.24. The zero-order valence-corrected chi connectivity index (χ0v) is 19.2. The van der Waals surface area contributed by atoms with Crippen LogP contribution in [0.25, 0.3) is 10.2 Å². The van der Waals surface area contributed by atoms with E-state index >= 15 is 0 Å². The van der Waals surface area contributed by atoms with Gasteiger partial charge in [-0.15, -0.1) is 11.3 Å². The van der Waals surface area contributed by atoms with Crippen molar-refractivity contribution in [1.29, 1.82) is 0 Å². The van der Waals surface area contributed by atoms with Gasteiger partial charge in [-0.1, -0.05) is 24.3 Å². The molecule has 1 amide bonds. The fraction of sp³-hybridized carbons (Fsp3) is 0.200. The second-order valence-electron chi connectivity index (χ2n) is 7.89. The minimum absolute atomic E-state index is 0.124. The number of carbonyl (C=O) groups excluding carboxylic acids is 2. The molecule has 172 valence electrons. The third kappa shape index (κ3) is 4.29. The van der Waals surface area contributed by atoms with Crippen LogP contribution in [-0.2, 0) is 22.5 Å². The number of benzene rings is 2. The number of nitrogens with zero attached hydrogens (tertiary/aromatic N) is 2. The van der Waals surface area contributed by atoms with Crippen molar-refractivity contribution < 1.29 is 19.1 Å². The Kier molecular flexibility index (Phi) is 5.85. The van der Waals surface area contributed by atoms with Gasteiger partial charge in [0.25, 0.3) is 11.5 Å². The molecule has 4 aromatic rings. The van der Waals surface area contributed by atoms with Gasteiger partial charge in [-0.3, -0.25) is 14.2 Å². The first-order chi connectivity index (χ1) is 16.5. The van der Waals surface area contributed by atoms with Crippen LogP contribution in [0, 0.1) is 6.92 Å². The van der Waals surface area contributed by atoms with Crippen LogP contribution >= 0.6 is 11.3 Å². The molecule has 0 spiro atoms. The van der Waals surface area contributed by atoms with Crippen molar-refractivity contribution >= 4 is 39.1 Å². The average molecular weight is 476 g/mol. The van der Waals surface area contributed by atoms with E-state index in [0.717, 1.165) is 30.0 Å². The summed E-state index contributed by atoms with van der Waals surface area (Å²) in [6.07, 6.45) is 1.64. The molecule has 8 nitrogen and oxygen atoms in total. The van der Waals surface area contributed by atoms with Gasteiger partial charge in [0, 0.05) is 24.7 Å². The molecule has 9 heteroatoms. The van der Waals surface area contributed by atoms with E-state index in [1.54, 1.807) is 35.8 Å². The van der Waals surface area contributed by atoms with Crippen molar-refractivity contribution in [3.8, 4) is 11.5 Å². The molecular weight excluding hydrogens is 454 g/mol. The number of anilines is 1. The Morgan fingerprint density at radius 3 is 2.74 bits per heavy atom. The Labute approximate surface area is 198 Å². The van der Waals surface area contributed by atoms with Crippen LogP contribution in [0.15, 0.2) is 59.4 Å². The molecule has 0 saturated heterocycles. The average Bonchev–Trinajstić information content (AvgIpc) is 3.43. The minimum Gasteiger partial charge on any atom is -0.457 e.